The summed E-state index contributed by atoms with van der Waals surface area (Å²) in [5.41, 5.74) is 2.99. The van der Waals surface area contributed by atoms with Crippen molar-refractivity contribution in [3.8, 4) is 28.4 Å². The Morgan fingerprint density at radius 1 is 1.05 bits per heavy atom. The molecule has 2 atom stereocenters. The lowest BCUT2D eigenvalue weighted by molar-refractivity contribution is -0.123. The first-order valence-electron chi connectivity index (χ1n) is 13.5. The van der Waals surface area contributed by atoms with E-state index >= 15 is 0 Å². The third kappa shape index (κ3) is 6.32. The summed E-state index contributed by atoms with van der Waals surface area (Å²) in [6.45, 7) is 5.49. The zero-order chi connectivity index (χ0) is 29.7. The Morgan fingerprint density at radius 3 is 2.41 bits per heavy atom. The maximum Gasteiger partial charge on any atom is 0.243 e. The smallest absolute Gasteiger partial charge is 0.243 e. The highest BCUT2D eigenvalue weighted by molar-refractivity contribution is 5.86. The quantitative estimate of drug-likeness (QED) is 0.335. The molecule has 10 heteroatoms. The predicted molar refractivity (Wildman–Crippen MR) is 155 cm³/mol. The molecule has 0 fully saturated rings. The molecule has 0 aliphatic heterocycles. The largest absolute Gasteiger partial charge is 0.493 e. The Morgan fingerprint density at radius 2 is 1.80 bits per heavy atom. The summed E-state index contributed by atoms with van der Waals surface area (Å²) in [7, 11) is 4.65. The molecule has 0 unspecified atom stereocenters. The lowest BCUT2D eigenvalue weighted by Gasteiger charge is -2.22. The van der Waals surface area contributed by atoms with Crippen LogP contribution in [0.25, 0.3) is 11.1 Å². The van der Waals surface area contributed by atoms with Crippen molar-refractivity contribution >= 4 is 17.5 Å². The average Bonchev–Trinajstić information content (AvgIpc) is 3.36. The fourth-order valence-corrected chi connectivity index (χ4v) is 5.23. The van der Waals surface area contributed by atoms with Crippen LogP contribution >= 0.6 is 0 Å². The van der Waals surface area contributed by atoms with Gasteiger partial charge in [-0.1, -0.05) is 19.9 Å². The van der Waals surface area contributed by atoms with E-state index in [0.29, 0.717) is 47.0 Å². The fraction of sp³-hybridized carbons (Fsp3) is 0.387. The summed E-state index contributed by atoms with van der Waals surface area (Å²) in [6, 6.07) is 9.35. The van der Waals surface area contributed by atoms with Gasteiger partial charge in [0.05, 0.1) is 45.9 Å². The molecule has 1 heterocycles. The summed E-state index contributed by atoms with van der Waals surface area (Å²) in [5, 5.41) is 9.04. The Balaban J connectivity index is 1.82. The van der Waals surface area contributed by atoms with Gasteiger partial charge in [0.2, 0.25) is 23.0 Å². The molecule has 2 amide bonds. The maximum absolute atomic E-state index is 13.7. The van der Waals surface area contributed by atoms with Crippen molar-refractivity contribution in [1.29, 1.82) is 0 Å². The fourth-order valence-electron chi connectivity index (χ4n) is 5.23. The molecule has 1 aliphatic rings. The van der Waals surface area contributed by atoms with Crippen LogP contribution in [0.2, 0.25) is 0 Å². The zero-order valence-electron chi connectivity index (χ0n) is 24.3. The van der Waals surface area contributed by atoms with Gasteiger partial charge in [-0.15, -0.1) is 0 Å². The molecule has 1 aromatic heterocycles. The van der Waals surface area contributed by atoms with Gasteiger partial charge >= 0.3 is 0 Å². The minimum absolute atomic E-state index is 0.126. The van der Waals surface area contributed by atoms with Gasteiger partial charge in [-0.05, 0) is 65.8 Å². The van der Waals surface area contributed by atoms with Crippen molar-refractivity contribution in [2.24, 2.45) is 5.92 Å². The Kier molecular flexibility index (Phi) is 9.21. The number of furan rings is 1. The number of aryl methyl sites for hydroxylation is 1. The minimum Gasteiger partial charge on any atom is -0.493 e. The Labute approximate surface area is 239 Å². The monoisotopic (exact) mass is 563 g/mol. The highest BCUT2D eigenvalue weighted by Gasteiger charge is 2.30. The lowest BCUT2D eigenvalue weighted by Crippen LogP contribution is -2.43. The van der Waals surface area contributed by atoms with Crippen LogP contribution in [0.1, 0.15) is 50.1 Å². The standard InChI is InChI=1S/C31H37N3O7/c1-17(2)28(31(37)32-16-20-8-7-13-41-20)34-24-12-10-21-22(15-25(24)36)23(33-18(3)35)11-9-19-14-26(38-4)29(39-5)30(40-6)27(19)21/h7-8,10,12-15,17,23,28H,9,11,16H2,1-6H3,(H,32,37)(H,33,35)(H,34,36)/t23-,28+/m0/s1. The van der Waals surface area contributed by atoms with Crippen molar-refractivity contribution in [3.63, 3.8) is 0 Å². The van der Waals surface area contributed by atoms with Crippen LogP contribution in [0.4, 0.5) is 5.69 Å². The molecule has 2 aromatic carbocycles. The first kappa shape index (κ1) is 29.5. The Bertz CT molecular complexity index is 1470. The summed E-state index contributed by atoms with van der Waals surface area (Å²) < 4.78 is 22.4. The molecule has 0 bridgehead atoms. The van der Waals surface area contributed by atoms with Crippen LogP contribution in [0.5, 0.6) is 17.2 Å². The van der Waals surface area contributed by atoms with Crippen molar-refractivity contribution in [3.05, 3.63) is 69.8 Å². The van der Waals surface area contributed by atoms with E-state index in [-0.39, 0.29) is 35.4 Å². The number of hydrogen-bond donors (Lipinski definition) is 3. The van der Waals surface area contributed by atoms with E-state index < -0.39 is 12.1 Å². The molecular weight excluding hydrogens is 526 g/mol. The van der Waals surface area contributed by atoms with Crippen molar-refractivity contribution in [2.45, 2.75) is 52.2 Å². The number of amides is 2. The molecular formula is C31H37N3O7. The normalized spacial score (nSPS) is 14.7. The molecule has 4 rings (SSSR count). The van der Waals surface area contributed by atoms with E-state index in [4.69, 9.17) is 18.6 Å². The Hall–Kier alpha value is -4.47. The molecule has 0 saturated heterocycles. The van der Waals surface area contributed by atoms with Crippen molar-refractivity contribution in [2.75, 3.05) is 26.6 Å². The number of anilines is 1. The van der Waals surface area contributed by atoms with Crippen LogP contribution in [-0.2, 0) is 22.6 Å². The highest BCUT2D eigenvalue weighted by atomic mass is 16.5. The summed E-state index contributed by atoms with van der Waals surface area (Å²) in [4.78, 5) is 39.0. The molecule has 0 radical (unpaired) electrons. The highest BCUT2D eigenvalue weighted by Crippen LogP contribution is 2.50. The number of fused-ring (bicyclic) bond motifs is 3. The van der Waals surface area contributed by atoms with Crippen LogP contribution in [0, 0.1) is 5.92 Å². The second kappa shape index (κ2) is 12.8. The maximum atomic E-state index is 13.7. The van der Waals surface area contributed by atoms with Crippen LogP contribution in [0.3, 0.4) is 0 Å². The third-order valence-electron chi connectivity index (χ3n) is 7.19. The van der Waals surface area contributed by atoms with E-state index in [1.807, 2.05) is 26.0 Å². The molecule has 3 N–H and O–H groups in total. The van der Waals surface area contributed by atoms with Gasteiger partial charge < -0.3 is 34.6 Å². The minimum atomic E-state index is -0.683. The third-order valence-corrected chi connectivity index (χ3v) is 7.19. The molecule has 0 saturated carbocycles. The molecule has 10 nitrogen and oxygen atoms in total. The van der Waals surface area contributed by atoms with E-state index in [9.17, 15) is 14.4 Å². The van der Waals surface area contributed by atoms with E-state index in [1.54, 1.807) is 38.7 Å². The molecule has 0 spiro atoms. The molecule has 1 aliphatic carbocycles. The van der Waals surface area contributed by atoms with E-state index in [2.05, 4.69) is 16.0 Å². The van der Waals surface area contributed by atoms with E-state index in [1.165, 1.54) is 20.1 Å². The number of nitrogens with one attached hydrogen (secondary N) is 3. The number of methoxy groups -OCH3 is 3. The van der Waals surface area contributed by atoms with Gasteiger partial charge in [-0.2, -0.15) is 0 Å². The first-order chi connectivity index (χ1) is 19.7. The number of carbonyl (C=O) groups excluding carboxylic acids is 2. The van der Waals surface area contributed by atoms with Gasteiger partial charge in [0, 0.05) is 12.5 Å². The molecule has 41 heavy (non-hydrogen) atoms. The second-order valence-electron chi connectivity index (χ2n) is 10.3. The van der Waals surface area contributed by atoms with Crippen molar-refractivity contribution in [1.82, 2.24) is 10.6 Å². The number of hydrogen-bond acceptors (Lipinski definition) is 8. The molecule has 218 valence electrons. The van der Waals surface area contributed by atoms with Gasteiger partial charge in [-0.25, -0.2) is 0 Å². The number of ether oxygens (including phenoxy) is 3. The lowest BCUT2D eigenvalue weighted by atomic mass is 9.95. The zero-order valence-corrected chi connectivity index (χ0v) is 24.3. The summed E-state index contributed by atoms with van der Waals surface area (Å²) in [5.74, 6) is 1.46. The van der Waals surface area contributed by atoms with Crippen LogP contribution in [-0.4, -0.2) is 39.2 Å². The van der Waals surface area contributed by atoms with Crippen LogP contribution < -0.4 is 35.6 Å². The predicted octanol–water partition coefficient (Wildman–Crippen LogP) is 4.21. The van der Waals surface area contributed by atoms with Gasteiger partial charge in [-0.3, -0.25) is 14.4 Å². The summed E-state index contributed by atoms with van der Waals surface area (Å²) in [6.07, 6.45) is 2.69. The summed E-state index contributed by atoms with van der Waals surface area (Å²) >= 11 is 0. The second-order valence-corrected chi connectivity index (χ2v) is 10.3. The first-order valence-corrected chi connectivity index (χ1v) is 13.5. The number of benzene rings is 1. The van der Waals surface area contributed by atoms with Gasteiger partial charge in [0.25, 0.3) is 0 Å². The van der Waals surface area contributed by atoms with E-state index in [0.717, 1.165) is 11.1 Å². The average molecular weight is 564 g/mol. The number of carbonyl (C=O) groups is 2. The molecule has 3 aromatic rings. The van der Waals surface area contributed by atoms with Crippen LogP contribution in [0.15, 0.2) is 51.9 Å². The number of rotatable bonds is 10. The van der Waals surface area contributed by atoms with Gasteiger partial charge in [0.15, 0.2) is 11.5 Å². The SMILES string of the molecule is COc1cc2c(c(OC)c1OC)-c1ccc(N[C@@H](C(=O)NCc3ccco3)C(C)C)c(=O)cc1[C@@H](NC(C)=O)CC2. The van der Waals surface area contributed by atoms with Gasteiger partial charge in [0.1, 0.15) is 11.8 Å². The topological polar surface area (TPSA) is 128 Å². The van der Waals surface area contributed by atoms with Crippen molar-refractivity contribution < 1.29 is 28.2 Å².